The van der Waals surface area contributed by atoms with Crippen molar-refractivity contribution in [2.24, 2.45) is 11.8 Å². The van der Waals surface area contributed by atoms with E-state index in [1.165, 1.54) is 51.5 Å². The molecule has 2 aliphatic rings. The number of hydrogen-bond acceptors (Lipinski definition) is 1. The lowest BCUT2D eigenvalue weighted by Crippen LogP contribution is -2.40. The molecule has 1 N–H and O–H groups in total. The normalized spacial score (nSPS) is 25.6. The molecule has 0 bridgehead atoms. The van der Waals surface area contributed by atoms with Crippen molar-refractivity contribution in [3.8, 4) is 0 Å². The van der Waals surface area contributed by atoms with Crippen LogP contribution in [0.2, 0.25) is 0 Å². The molecule has 1 unspecified atom stereocenters. The quantitative estimate of drug-likeness (QED) is 0.664. The van der Waals surface area contributed by atoms with E-state index in [1.807, 2.05) is 0 Å². The number of hydrogen-bond donors (Lipinski definition) is 1. The molecule has 0 radical (unpaired) electrons. The van der Waals surface area contributed by atoms with Gasteiger partial charge in [0, 0.05) is 6.04 Å². The Bertz CT molecular complexity index is 147. The highest BCUT2D eigenvalue weighted by Gasteiger charge is 2.32. The van der Waals surface area contributed by atoms with Gasteiger partial charge >= 0.3 is 0 Å². The summed E-state index contributed by atoms with van der Waals surface area (Å²) in [7, 11) is 0. The van der Waals surface area contributed by atoms with E-state index >= 15 is 0 Å². The highest BCUT2D eigenvalue weighted by Crippen LogP contribution is 2.39. The average molecular weight is 181 g/mol. The van der Waals surface area contributed by atoms with Crippen LogP contribution in [0.15, 0.2) is 0 Å². The third-order valence-corrected chi connectivity index (χ3v) is 3.66. The first kappa shape index (κ1) is 9.51. The molecular formula is C12H23N. The second kappa shape index (κ2) is 4.45. The Labute approximate surface area is 82.3 Å². The molecule has 2 rings (SSSR count). The van der Waals surface area contributed by atoms with Gasteiger partial charge in [-0.1, -0.05) is 26.2 Å². The molecule has 0 aromatic carbocycles. The van der Waals surface area contributed by atoms with Gasteiger partial charge in [0.25, 0.3) is 0 Å². The van der Waals surface area contributed by atoms with E-state index < -0.39 is 0 Å². The van der Waals surface area contributed by atoms with Crippen molar-refractivity contribution in [3.05, 3.63) is 0 Å². The largest absolute Gasteiger partial charge is 0.314 e. The zero-order valence-electron chi connectivity index (χ0n) is 8.89. The molecule has 1 heteroatoms. The Kier molecular flexibility index (Phi) is 3.26. The molecule has 0 heterocycles. The van der Waals surface area contributed by atoms with Gasteiger partial charge in [0.2, 0.25) is 0 Å². The second-order valence-electron chi connectivity index (χ2n) is 4.93. The van der Waals surface area contributed by atoms with Gasteiger partial charge in [-0.2, -0.15) is 0 Å². The summed E-state index contributed by atoms with van der Waals surface area (Å²) < 4.78 is 0. The molecule has 0 aliphatic heterocycles. The Hall–Kier alpha value is -0.0400. The van der Waals surface area contributed by atoms with Crippen molar-refractivity contribution in [3.63, 3.8) is 0 Å². The first-order valence-electron chi connectivity index (χ1n) is 6.13. The predicted octanol–water partition coefficient (Wildman–Crippen LogP) is 2.95. The van der Waals surface area contributed by atoms with Gasteiger partial charge in [-0.25, -0.2) is 0 Å². The molecule has 1 atom stereocenters. The molecular weight excluding hydrogens is 158 g/mol. The molecule has 2 fully saturated rings. The Balaban J connectivity index is 1.71. The lowest BCUT2D eigenvalue weighted by atomic mass is 9.78. The molecule has 76 valence electrons. The van der Waals surface area contributed by atoms with Gasteiger partial charge < -0.3 is 5.32 Å². The van der Waals surface area contributed by atoms with Crippen LogP contribution in [-0.4, -0.2) is 12.6 Å². The Morgan fingerprint density at radius 3 is 2.46 bits per heavy atom. The van der Waals surface area contributed by atoms with Crippen LogP contribution in [0.5, 0.6) is 0 Å². The van der Waals surface area contributed by atoms with E-state index in [2.05, 4.69) is 12.2 Å². The lowest BCUT2D eigenvalue weighted by Gasteiger charge is -2.34. The van der Waals surface area contributed by atoms with E-state index in [9.17, 15) is 0 Å². The van der Waals surface area contributed by atoms with Crippen LogP contribution in [0.4, 0.5) is 0 Å². The minimum absolute atomic E-state index is 0.876. The van der Waals surface area contributed by atoms with Crippen LogP contribution in [-0.2, 0) is 0 Å². The summed E-state index contributed by atoms with van der Waals surface area (Å²) in [6.45, 7) is 3.50. The molecule has 0 saturated heterocycles. The fourth-order valence-corrected chi connectivity index (χ4v) is 2.33. The number of nitrogens with one attached hydrogen (secondary N) is 1. The third kappa shape index (κ3) is 2.70. The Morgan fingerprint density at radius 1 is 1.23 bits per heavy atom. The van der Waals surface area contributed by atoms with Crippen molar-refractivity contribution in [2.75, 3.05) is 6.54 Å². The van der Waals surface area contributed by atoms with Crippen LogP contribution < -0.4 is 5.32 Å². The predicted molar refractivity (Wildman–Crippen MR) is 56.8 cm³/mol. The van der Waals surface area contributed by atoms with Gasteiger partial charge in [-0.3, -0.25) is 0 Å². The summed E-state index contributed by atoms with van der Waals surface area (Å²) >= 11 is 0. The maximum Gasteiger partial charge on any atom is 0.00979 e. The van der Waals surface area contributed by atoms with E-state index in [4.69, 9.17) is 0 Å². The Morgan fingerprint density at radius 2 is 2.00 bits per heavy atom. The summed E-state index contributed by atoms with van der Waals surface area (Å²) in [4.78, 5) is 0. The molecule has 2 aliphatic carbocycles. The summed E-state index contributed by atoms with van der Waals surface area (Å²) in [6, 6.07) is 0.876. The van der Waals surface area contributed by atoms with E-state index in [-0.39, 0.29) is 0 Å². The highest BCUT2D eigenvalue weighted by atomic mass is 14.9. The van der Waals surface area contributed by atoms with Crippen molar-refractivity contribution in [1.29, 1.82) is 0 Å². The maximum absolute atomic E-state index is 3.74. The minimum atomic E-state index is 0.876. The standard InChI is InChI=1S/C12H23N/c1-2-8-13-12(9-10-6-7-10)11-4-3-5-11/h10-13H,2-9H2,1H3. The average Bonchev–Trinajstić information content (AvgIpc) is 2.80. The van der Waals surface area contributed by atoms with Crippen LogP contribution in [0.3, 0.4) is 0 Å². The van der Waals surface area contributed by atoms with Crippen LogP contribution in [0, 0.1) is 11.8 Å². The summed E-state index contributed by atoms with van der Waals surface area (Å²) in [5, 5.41) is 3.74. The fraction of sp³-hybridized carbons (Fsp3) is 1.00. The number of rotatable bonds is 6. The molecule has 0 aromatic heterocycles. The zero-order chi connectivity index (χ0) is 9.10. The van der Waals surface area contributed by atoms with E-state index in [1.54, 1.807) is 0 Å². The monoisotopic (exact) mass is 181 g/mol. The zero-order valence-corrected chi connectivity index (χ0v) is 8.89. The van der Waals surface area contributed by atoms with Crippen LogP contribution in [0.25, 0.3) is 0 Å². The van der Waals surface area contributed by atoms with Gasteiger partial charge in [0.1, 0.15) is 0 Å². The van der Waals surface area contributed by atoms with Gasteiger partial charge in [-0.05, 0) is 44.1 Å². The topological polar surface area (TPSA) is 12.0 Å². The first-order chi connectivity index (χ1) is 6.40. The second-order valence-corrected chi connectivity index (χ2v) is 4.93. The van der Waals surface area contributed by atoms with Crippen LogP contribution >= 0.6 is 0 Å². The smallest absolute Gasteiger partial charge is 0.00979 e. The van der Waals surface area contributed by atoms with Gasteiger partial charge in [-0.15, -0.1) is 0 Å². The van der Waals surface area contributed by atoms with Crippen molar-refractivity contribution in [1.82, 2.24) is 5.32 Å². The SMILES string of the molecule is CCCNC(CC1CC1)C1CCC1. The molecule has 1 nitrogen and oxygen atoms in total. The lowest BCUT2D eigenvalue weighted by molar-refractivity contribution is 0.214. The van der Waals surface area contributed by atoms with Crippen molar-refractivity contribution < 1.29 is 0 Å². The van der Waals surface area contributed by atoms with E-state index in [0.29, 0.717) is 0 Å². The minimum Gasteiger partial charge on any atom is -0.314 e. The molecule has 0 spiro atoms. The van der Waals surface area contributed by atoms with E-state index in [0.717, 1.165) is 17.9 Å². The summed E-state index contributed by atoms with van der Waals surface area (Å²) in [6.07, 6.45) is 10.3. The molecule has 0 aromatic rings. The first-order valence-corrected chi connectivity index (χ1v) is 6.13. The summed E-state index contributed by atoms with van der Waals surface area (Å²) in [5.74, 6) is 2.13. The van der Waals surface area contributed by atoms with Gasteiger partial charge in [0.15, 0.2) is 0 Å². The maximum atomic E-state index is 3.74. The summed E-state index contributed by atoms with van der Waals surface area (Å²) in [5.41, 5.74) is 0. The van der Waals surface area contributed by atoms with Crippen molar-refractivity contribution in [2.45, 2.75) is 57.9 Å². The van der Waals surface area contributed by atoms with Crippen LogP contribution in [0.1, 0.15) is 51.9 Å². The molecule has 0 amide bonds. The van der Waals surface area contributed by atoms with Crippen molar-refractivity contribution >= 4 is 0 Å². The molecule has 13 heavy (non-hydrogen) atoms. The third-order valence-electron chi connectivity index (χ3n) is 3.66. The molecule has 2 saturated carbocycles. The fourth-order valence-electron chi connectivity index (χ4n) is 2.33. The van der Waals surface area contributed by atoms with Gasteiger partial charge in [0.05, 0.1) is 0 Å². The highest BCUT2D eigenvalue weighted by molar-refractivity contribution is 4.87.